The first-order valence-corrected chi connectivity index (χ1v) is 10.9. The van der Waals surface area contributed by atoms with E-state index >= 15 is 0 Å². The lowest BCUT2D eigenvalue weighted by molar-refractivity contribution is 0.369. The summed E-state index contributed by atoms with van der Waals surface area (Å²) >= 11 is 1.48. The van der Waals surface area contributed by atoms with Gasteiger partial charge in [-0.15, -0.1) is 0 Å². The van der Waals surface area contributed by atoms with Crippen molar-refractivity contribution < 1.29 is 9.84 Å². The normalized spacial score (nSPS) is 14.9. The van der Waals surface area contributed by atoms with Crippen LogP contribution in [-0.2, 0) is 12.8 Å². The molecule has 1 saturated heterocycles. The van der Waals surface area contributed by atoms with Crippen LogP contribution >= 0.6 is 11.5 Å². The van der Waals surface area contributed by atoms with E-state index in [-0.39, 0.29) is 5.75 Å². The molecule has 1 aliphatic heterocycles. The Kier molecular flexibility index (Phi) is 7.51. The van der Waals surface area contributed by atoms with E-state index in [0.717, 1.165) is 61.6 Å². The van der Waals surface area contributed by atoms with Crippen LogP contribution in [0, 0.1) is 0 Å². The summed E-state index contributed by atoms with van der Waals surface area (Å²) in [5.74, 6) is 2.54. The lowest BCUT2D eigenvalue weighted by atomic mass is 10.1. The zero-order valence-electron chi connectivity index (χ0n) is 17.4. The monoisotopic (exact) mass is 418 g/mol. The second-order valence-corrected chi connectivity index (χ2v) is 7.50. The van der Waals surface area contributed by atoms with Crippen LogP contribution in [0.1, 0.15) is 25.2 Å². The van der Waals surface area contributed by atoms with Crippen LogP contribution in [0.25, 0.3) is 0 Å². The van der Waals surface area contributed by atoms with Gasteiger partial charge in [0, 0.05) is 57.2 Å². The summed E-state index contributed by atoms with van der Waals surface area (Å²) in [4.78, 5) is 14.0. The largest absolute Gasteiger partial charge is 0.504 e. The molecule has 29 heavy (non-hydrogen) atoms. The molecule has 2 aromatic rings. The summed E-state index contributed by atoms with van der Waals surface area (Å²) in [6, 6.07) is 5.55. The highest BCUT2D eigenvalue weighted by molar-refractivity contribution is 7.09. The van der Waals surface area contributed by atoms with E-state index in [0.29, 0.717) is 18.7 Å². The molecule has 3 rings (SSSR count). The van der Waals surface area contributed by atoms with Gasteiger partial charge >= 0.3 is 0 Å². The standard InChI is InChI=1S/C20H30N6O2S/c1-4-17-23-20(29-24-17)26-13-11-25(12-14-26)19(21-5-2)22-10-9-15-7-6-8-16(28-3)18(15)27/h6-8,27H,4-5,9-14H2,1-3H3,(H,21,22). The van der Waals surface area contributed by atoms with E-state index in [2.05, 4.69) is 38.3 Å². The molecule has 9 heteroatoms. The average Bonchev–Trinajstić information content (AvgIpc) is 3.24. The summed E-state index contributed by atoms with van der Waals surface area (Å²) in [5, 5.41) is 14.6. The molecular weight excluding hydrogens is 388 g/mol. The van der Waals surface area contributed by atoms with E-state index in [4.69, 9.17) is 9.73 Å². The topological polar surface area (TPSA) is 86.1 Å². The maximum absolute atomic E-state index is 10.2. The number of phenolic OH excluding ortho intramolecular Hbond substituents is 1. The predicted molar refractivity (Wildman–Crippen MR) is 117 cm³/mol. The smallest absolute Gasteiger partial charge is 0.205 e. The lowest BCUT2D eigenvalue weighted by Crippen LogP contribution is -2.52. The van der Waals surface area contributed by atoms with Gasteiger partial charge in [-0.3, -0.25) is 4.99 Å². The Morgan fingerprint density at radius 1 is 1.28 bits per heavy atom. The molecule has 1 aromatic carbocycles. The number of nitrogens with zero attached hydrogens (tertiary/aromatic N) is 5. The Balaban J connectivity index is 1.58. The highest BCUT2D eigenvalue weighted by Gasteiger charge is 2.22. The van der Waals surface area contributed by atoms with Gasteiger partial charge in [-0.05, 0) is 25.0 Å². The number of aliphatic imine (C=N–C) groups is 1. The van der Waals surface area contributed by atoms with Crippen LogP contribution in [-0.4, -0.2) is 71.7 Å². The third-order valence-corrected chi connectivity index (χ3v) is 5.72. The van der Waals surface area contributed by atoms with Crippen LogP contribution in [0.15, 0.2) is 23.2 Å². The Morgan fingerprint density at radius 2 is 2.07 bits per heavy atom. The van der Waals surface area contributed by atoms with Gasteiger partial charge in [0.15, 0.2) is 17.5 Å². The molecule has 0 unspecified atom stereocenters. The maximum Gasteiger partial charge on any atom is 0.205 e. The Labute approximate surface area is 176 Å². The lowest BCUT2D eigenvalue weighted by Gasteiger charge is -2.36. The number of hydrogen-bond donors (Lipinski definition) is 2. The third kappa shape index (κ3) is 5.29. The number of aromatic hydroxyl groups is 1. The Hall–Kier alpha value is -2.55. The van der Waals surface area contributed by atoms with Gasteiger partial charge in [-0.2, -0.15) is 4.37 Å². The van der Waals surface area contributed by atoms with Crippen LogP contribution < -0.4 is 15.0 Å². The molecule has 2 N–H and O–H groups in total. The molecule has 1 aromatic heterocycles. The number of aromatic nitrogens is 2. The molecule has 8 nitrogen and oxygen atoms in total. The van der Waals surface area contributed by atoms with E-state index in [1.807, 2.05) is 12.1 Å². The number of nitrogens with one attached hydrogen (secondary N) is 1. The molecule has 0 spiro atoms. The molecular formula is C20H30N6O2S. The average molecular weight is 419 g/mol. The van der Waals surface area contributed by atoms with Gasteiger partial charge in [-0.25, -0.2) is 4.98 Å². The van der Waals surface area contributed by atoms with Crippen molar-refractivity contribution in [2.75, 3.05) is 51.3 Å². The van der Waals surface area contributed by atoms with Gasteiger partial charge in [0.05, 0.1) is 7.11 Å². The fourth-order valence-corrected chi connectivity index (χ4v) is 4.07. The molecule has 0 radical (unpaired) electrons. The summed E-state index contributed by atoms with van der Waals surface area (Å²) < 4.78 is 9.57. The zero-order valence-corrected chi connectivity index (χ0v) is 18.2. The molecule has 1 fully saturated rings. The number of phenols is 1. The van der Waals surface area contributed by atoms with Crippen LogP contribution in [0.4, 0.5) is 5.13 Å². The van der Waals surface area contributed by atoms with Gasteiger partial charge in [-0.1, -0.05) is 19.1 Å². The van der Waals surface area contributed by atoms with E-state index in [9.17, 15) is 5.11 Å². The molecule has 0 saturated carbocycles. The summed E-state index contributed by atoms with van der Waals surface area (Å²) in [7, 11) is 1.56. The number of aryl methyl sites for hydroxylation is 1. The van der Waals surface area contributed by atoms with Crippen molar-refractivity contribution in [3.05, 3.63) is 29.6 Å². The maximum atomic E-state index is 10.2. The first-order valence-electron chi connectivity index (χ1n) is 10.1. The van der Waals surface area contributed by atoms with Crippen molar-refractivity contribution in [2.45, 2.75) is 26.7 Å². The number of guanidine groups is 1. The minimum Gasteiger partial charge on any atom is -0.504 e. The van der Waals surface area contributed by atoms with Crippen molar-refractivity contribution in [1.82, 2.24) is 19.6 Å². The first kappa shape index (κ1) is 21.2. The molecule has 0 atom stereocenters. The number of ether oxygens (including phenoxy) is 1. The highest BCUT2D eigenvalue weighted by atomic mass is 32.1. The zero-order chi connectivity index (χ0) is 20.6. The Morgan fingerprint density at radius 3 is 2.72 bits per heavy atom. The number of benzene rings is 1. The molecule has 1 aliphatic rings. The second kappa shape index (κ2) is 10.3. The van der Waals surface area contributed by atoms with Crippen molar-refractivity contribution in [3.63, 3.8) is 0 Å². The molecule has 0 aliphatic carbocycles. The SMILES string of the molecule is CCNC(=NCCc1cccc(OC)c1O)N1CCN(c2nc(CC)ns2)CC1. The fraction of sp³-hybridized carbons (Fsp3) is 0.550. The van der Waals surface area contributed by atoms with Crippen molar-refractivity contribution in [1.29, 1.82) is 0 Å². The Bertz CT molecular complexity index is 817. The molecule has 0 amide bonds. The van der Waals surface area contributed by atoms with Crippen LogP contribution in [0.5, 0.6) is 11.5 Å². The van der Waals surface area contributed by atoms with Crippen molar-refractivity contribution in [3.8, 4) is 11.5 Å². The van der Waals surface area contributed by atoms with Gasteiger partial charge in [0.2, 0.25) is 5.13 Å². The minimum atomic E-state index is 0.201. The number of methoxy groups -OCH3 is 1. The summed E-state index contributed by atoms with van der Waals surface area (Å²) in [5.41, 5.74) is 0.844. The quantitative estimate of drug-likeness (QED) is 0.526. The van der Waals surface area contributed by atoms with E-state index < -0.39 is 0 Å². The number of anilines is 1. The first-order chi connectivity index (χ1) is 14.2. The predicted octanol–water partition coefficient (Wildman–Crippen LogP) is 2.14. The summed E-state index contributed by atoms with van der Waals surface area (Å²) in [6.07, 6.45) is 1.53. The van der Waals surface area contributed by atoms with Gasteiger partial charge < -0.3 is 25.0 Å². The van der Waals surface area contributed by atoms with E-state index in [1.54, 1.807) is 13.2 Å². The van der Waals surface area contributed by atoms with Crippen molar-refractivity contribution >= 4 is 22.6 Å². The third-order valence-electron chi connectivity index (χ3n) is 4.90. The molecule has 0 bridgehead atoms. The highest BCUT2D eigenvalue weighted by Crippen LogP contribution is 2.29. The van der Waals surface area contributed by atoms with Crippen LogP contribution in [0.3, 0.4) is 0 Å². The van der Waals surface area contributed by atoms with E-state index in [1.165, 1.54) is 11.5 Å². The number of para-hydroxylation sites is 1. The van der Waals surface area contributed by atoms with Gasteiger partial charge in [0.1, 0.15) is 5.82 Å². The van der Waals surface area contributed by atoms with Crippen molar-refractivity contribution in [2.24, 2.45) is 4.99 Å². The number of rotatable bonds is 7. The second-order valence-electron chi connectivity index (χ2n) is 6.77. The summed E-state index contributed by atoms with van der Waals surface area (Å²) in [6.45, 7) is 9.15. The minimum absolute atomic E-state index is 0.201. The molecule has 158 valence electrons. The number of hydrogen-bond acceptors (Lipinski definition) is 7. The van der Waals surface area contributed by atoms with Gasteiger partial charge in [0.25, 0.3) is 0 Å². The van der Waals surface area contributed by atoms with Crippen LogP contribution in [0.2, 0.25) is 0 Å². The molecule has 2 heterocycles. The fourth-order valence-electron chi connectivity index (χ4n) is 3.27. The number of piperazine rings is 1.